The zero-order valence-corrected chi connectivity index (χ0v) is 14.9. The summed E-state index contributed by atoms with van der Waals surface area (Å²) in [6, 6.07) is 2.89. The van der Waals surface area contributed by atoms with Crippen molar-refractivity contribution in [3.05, 3.63) is 28.8 Å². The van der Waals surface area contributed by atoms with E-state index in [1.54, 1.807) is 4.90 Å². The van der Waals surface area contributed by atoms with Gasteiger partial charge in [-0.1, -0.05) is 24.4 Å². The van der Waals surface area contributed by atoms with E-state index >= 15 is 0 Å². The van der Waals surface area contributed by atoms with E-state index in [0.29, 0.717) is 13.1 Å². The second-order valence-corrected chi connectivity index (χ2v) is 7.22. The van der Waals surface area contributed by atoms with E-state index in [1.807, 2.05) is 0 Å². The summed E-state index contributed by atoms with van der Waals surface area (Å²) in [5, 5.41) is 0.0641. The van der Waals surface area contributed by atoms with Crippen LogP contribution in [-0.2, 0) is 15.8 Å². The number of hydrogen-bond donors (Lipinski definition) is 0. The molecule has 26 heavy (non-hydrogen) atoms. The molecule has 0 aliphatic carbocycles. The van der Waals surface area contributed by atoms with Crippen LogP contribution < -0.4 is 4.90 Å². The molecule has 2 heterocycles. The largest absolute Gasteiger partial charge is 0.416 e. The van der Waals surface area contributed by atoms with Crippen LogP contribution in [0.3, 0.4) is 0 Å². The molecule has 4 nitrogen and oxygen atoms in total. The highest BCUT2D eigenvalue weighted by Gasteiger charge is 2.39. The molecule has 2 aliphatic heterocycles. The average Bonchev–Trinajstić information content (AvgIpc) is 2.80. The number of likely N-dealkylation sites (tertiary alicyclic amines) is 1. The molecule has 2 amide bonds. The zero-order valence-electron chi connectivity index (χ0n) is 14.2. The standard InChI is InChI=1S/C18H20ClF3N2O2/c19-14-6-5-13(18(20,21)22)10-15(14)24-11-12(9-16(24)25)17(26)23-7-3-1-2-4-8-23/h5-6,10,12H,1-4,7-9,11H2. The van der Waals surface area contributed by atoms with E-state index in [-0.39, 0.29) is 35.5 Å². The fourth-order valence-corrected chi connectivity index (χ4v) is 3.77. The van der Waals surface area contributed by atoms with Gasteiger partial charge in [-0.15, -0.1) is 0 Å². The van der Waals surface area contributed by atoms with Gasteiger partial charge in [0.05, 0.1) is 22.2 Å². The summed E-state index contributed by atoms with van der Waals surface area (Å²) in [4.78, 5) is 28.1. The van der Waals surface area contributed by atoms with Crippen molar-refractivity contribution in [1.29, 1.82) is 0 Å². The maximum Gasteiger partial charge on any atom is 0.416 e. The van der Waals surface area contributed by atoms with Gasteiger partial charge >= 0.3 is 6.18 Å². The highest BCUT2D eigenvalue weighted by Crippen LogP contribution is 2.37. The summed E-state index contributed by atoms with van der Waals surface area (Å²) in [5.41, 5.74) is -0.857. The topological polar surface area (TPSA) is 40.6 Å². The number of carbonyl (C=O) groups excluding carboxylic acids is 2. The predicted octanol–water partition coefficient (Wildman–Crippen LogP) is 4.11. The molecule has 2 fully saturated rings. The molecule has 0 N–H and O–H groups in total. The van der Waals surface area contributed by atoms with Gasteiger partial charge in [-0.3, -0.25) is 9.59 Å². The number of benzene rings is 1. The Balaban J connectivity index is 1.78. The third kappa shape index (κ3) is 3.98. The molecule has 2 saturated heterocycles. The first kappa shape index (κ1) is 19.0. The van der Waals surface area contributed by atoms with Crippen molar-refractivity contribution >= 4 is 29.1 Å². The van der Waals surface area contributed by atoms with Gasteiger partial charge in [-0.2, -0.15) is 13.2 Å². The first-order chi connectivity index (χ1) is 12.3. The van der Waals surface area contributed by atoms with Gasteiger partial charge in [-0.05, 0) is 31.0 Å². The quantitative estimate of drug-likeness (QED) is 0.764. The maximum atomic E-state index is 13.0. The number of halogens is 4. The number of alkyl halides is 3. The molecule has 1 atom stereocenters. The maximum absolute atomic E-state index is 13.0. The number of amides is 2. The lowest BCUT2D eigenvalue weighted by atomic mass is 10.1. The molecule has 0 bridgehead atoms. The van der Waals surface area contributed by atoms with Gasteiger partial charge in [0, 0.05) is 26.1 Å². The van der Waals surface area contributed by atoms with Crippen molar-refractivity contribution in [2.24, 2.45) is 5.92 Å². The predicted molar refractivity (Wildman–Crippen MR) is 92.0 cm³/mol. The highest BCUT2D eigenvalue weighted by atomic mass is 35.5. The summed E-state index contributed by atoms with van der Waals surface area (Å²) in [6.07, 6.45) is -0.477. The van der Waals surface area contributed by atoms with E-state index < -0.39 is 17.7 Å². The zero-order chi connectivity index (χ0) is 18.9. The number of hydrogen-bond acceptors (Lipinski definition) is 2. The molecule has 3 rings (SSSR count). The van der Waals surface area contributed by atoms with Crippen LogP contribution in [0.1, 0.15) is 37.7 Å². The van der Waals surface area contributed by atoms with Crippen LogP contribution in [0, 0.1) is 5.92 Å². The molecule has 0 radical (unpaired) electrons. The first-order valence-corrected chi connectivity index (χ1v) is 9.11. The van der Waals surface area contributed by atoms with Crippen LogP contribution in [0.4, 0.5) is 18.9 Å². The van der Waals surface area contributed by atoms with Crippen molar-refractivity contribution < 1.29 is 22.8 Å². The van der Waals surface area contributed by atoms with E-state index in [1.165, 1.54) is 4.90 Å². The minimum absolute atomic E-state index is 0.00189. The van der Waals surface area contributed by atoms with Gasteiger partial charge in [-0.25, -0.2) is 0 Å². The van der Waals surface area contributed by atoms with Crippen LogP contribution in [-0.4, -0.2) is 36.3 Å². The molecular weight excluding hydrogens is 369 g/mol. The lowest BCUT2D eigenvalue weighted by Gasteiger charge is -2.24. The molecular formula is C18H20ClF3N2O2. The van der Waals surface area contributed by atoms with Gasteiger partial charge in [0.2, 0.25) is 11.8 Å². The van der Waals surface area contributed by atoms with E-state index in [2.05, 4.69) is 0 Å². The van der Waals surface area contributed by atoms with E-state index in [4.69, 9.17) is 11.6 Å². The Labute approximate surface area is 154 Å². The number of rotatable bonds is 2. The summed E-state index contributed by atoms with van der Waals surface area (Å²) >= 11 is 6.03. The monoisotopic (exact) mass is 388 g/mol. The Hall–Kier alpha value is -1.76. The third-order valence-electron chi connectivity index (χ3n) is 4.96. The Morgan fingerprint density at radius 2 is 1.77 bits per heavy atom. The highest BCUT2D eigenvalue weighted by molar-refractivity contribution is 6.34. The normalized spacial score (nSPS) is 21.8. The molecule has 0 aromatic heterocycles. The Kier molecular flexibility index (Phi) is 5.46. The van der Waals surface area contributed by atoms with Crippen LogP contribution >= 0.6 is 11.6 Å². The fraction of sp³-hybridized carbons (Fsp3) is 0.556. The molecule has 2 aliphatic rings. The Morgan fingerprint density at radius 1 is 1.12 bits per heavy atom. The molecule has 0 saturated carbocycles. The van der Waals surface area contributed by atoms with Gasteiger partial charge < -0.3 is 9.80 Å². The number of carbonyl (C=O) groups is 2. The van der Waals surface area contributed by atoms with Crippen LogP contribution in [0.5, 0.6) is 0 Å². The number of anilines is 1. The Morgan fingerprint density at radius 3 is 2.38 bits per heavy atom. The van der Waals surface area contributed by atoms with Crippen molar-refractivity contribution in [3.63, 3.8) is 0 Å². The van der Waals surface area contributed by atoms with Crippen LogP contribution in [0.2, 0.25) is 5.02 Å². The van der Waals surface area contributed by atoms with Gasteiger partial charge in [0.25, 0.3) is 0 Å². The van der Waals surface area contributed by atoms with Crippen molar-refractivity contribution in [2.75, 3.05) is 24.5 Å². The lowest BCUT2D eigenvalue weighted by Crippen LogP contribution is -2.38. The van der Waals surface area contributed by atoms with Crippen molar-refractivity contribution in [2.45, 2.75) is 38.3 Å². The van der Waals surface area contributed by atoms with Crippen LogP contribution in [0.25, 0.3) is 0 Å². The molecule has 1 unspecified atom stereocenters. The summed E-state index contributed by atoms with van der Waals surface area (Å²) in [7, 11) is 0. The third-order valence-corrected chi connectivity index (χ3v) is 5.28. The fourth-order valence-electron chi connectivity index (χ4n) is 3.55. The molecule has 1 aromatic rings. The van der Waals surface area contributed by atoms with Crippen molar-refractivity contribution in [1.82, 2.24) is 4.90 Å². The Bertz CT molecular complexity index is 700. The van der Waals surface area contributed by atoms with E-state index in [9.17, 15) is 22.8 Å². The van der Waals surface area contributed by atoms with Crippen molar-refractivity contribution in [3.8, 4) is 0 Å². The molecule has 142 valence electrons. The minimum atomic E-state index is -4.52. The first-order valence-electron chi connectivity index (χ1n) is 8.73. The lowest BCUT2D eigenvalue weighted by molar-refractivity contribution is -0.137. The molecule has 0 spiro atoms. The molecule has 8 heteroatoms. The average molecular weight is 389 g/mol. The molecule has 1 aromatic carbocycles. The van der Waals surface area contributed by atoms with Gasteiger partial charge in [0.15, 0.2) is 0 Å². The minimum Gasteiger partial charge on any atom is -0.342 e. The second-order valence-electron chi connectivity index (χ2n) is 6.81. The summed E-state index contributed by atoms with van der Waals surface area (Å²) < 4.78 is 38.9. The van der Waals surface area contributed by atoms with E-state index in [0.717, 1.165) is 43.9 Å². The number of nitrogens with zero attached hydrogens (tertiary/aromatic N) is 2. The van der Waals surface area contributed by atoms with Gasteiger partial charge in [0.1, 0.15) is 0 Å². The second kappa shape index (κ2) is 7.47. The summed E-state index contributed by atoms with van der Waals surface area (Å²) in [5.74, 6) is -1.00. The van der Waals surface area contributed by atoms with Crippen LogP contribution in [0.15, 0.2) is 18.2 Å². The summed E-state index contributed by atoms with van der Waals surface area (Å²) in [6.45, 7) is 1.41. The SMILES string of the molecule is O=C(C1CC(=O)N(c2cc(C(F)(F)F)ccc2Cl)C1)N1CCCCCC1. The smallest absolute Gasteiger partial charge is 0.342 e.